The van der Waals surface area contributed by atoms with Gasteiger partial charge < -0.3 is 10.6 Å². The lowest BCUT2D eigenvalue weighted by Crippen LogP contribution is -2.24. The maximum Gasteiger partial charge on any atom is 0.0368 e. The predicted octanol–water partition coefficient (Wildman–Crippen LogP) is 2.56. The van der Waals surface area contributed by atoms with Crippen LogP contribution in [0.5, 0.6) is 0 Å². The minimum atomic E-state index is 0.731. The molecule has 0 aromatic heterocycles. The second kappa shape index (κ2) is 5.35. The highest BCUT2D eigenvalue weighted by molar-refractivity contribution is 5.48. The third-order valence-corrected chi connectivity index (χ3v) is 3.55. The van der Waals surface area contributed by atoms with Crippen LogP contribution in [0.25, 0.3) is 0 Å². The predicted molar refractivity (Wildman–Crippen MR) is 69.8 cm³/mol. The minimum Gasteiger partial charge on any atom is -0.372 e. The number of hydrogen-bond acceptors (Lipinski definition) is 2. The second-order valence-electron chi connectivity index (χ2n) is 4.86. The standard InChI is InChI=1S/C14H22N2/c1-12-4-2-6-14(10-12)16-8-3-5-13(11-15)7-9-16/h2,4,6,10,13H,3,5,7-9,11,15H2,1H3. The molecule has 1 aliphatic rings. The Bertz CT molecular complexity index is 335. The van der Waals surface area contributed by atoms with Crippen LogP contribution in [-0.2, 0) is 0 Å². The van der Waals surface area contributed by atoms with E-state index in [1.807, 2.05) is 0 Å². The van der Waals surface area contributed by atoms with Gasteiger partial charge in [0.05, 0.1) is 0 Å². The molecule has 0 aliphatic carbocycles. The Hall–Kier alpha value is -1.02. The van der Waals surface area contributed by atoms with E-state index in [-0.39, 0.29) is 0 Å². The van der Waals surface area contributed by atoms with Gasteiger partial charge in [-0.3, -0.25) is 0 Å². The van der Waals surface area contributed by atoms with E-state index in [1.165, 1.54) is 37.1 Å². The third kappa shape index (κ3) is 2.76. The molecule has 0 bridgehead atoms. The summed E-state index contributed by atoms with van der Waals surface area (Å²) in [6.07, 6.45) is 3.80. The summed E-state index contributed by atoms with van der Waals surface area (Å²) in [5, 5.41) is 0. The number of nitrogens with two attached hydrogens (primary N) is 1. The number of anilines is 1. The van der Waals surface area contributed by atoms with Crippen LogP contribution in [0.15, 0.2) is 24.3 Å². The molecule has 0 spiro atoms. The molecule has 2 N–H and O–H groups in total. The Kier molecular flexibility index (Phi) is 3.83. The lowest BCUT2D eigenvalue weighted by atomic mass is 10.0. The van der Waals surface area contributed by atoms with Gasteiger partial charge >= 0.3 is 0 Å². The van der Waals surface area contributed by atoms with Crippen molar-refractivity contribution in [1.82, 2.24) is 0 Å². The van der Waals surface area contributed by atoms with Crippen molar-refractivity contribution in [2.75, 3.05) is 24.5 Å². The Labute approximate surface area is 98.4 Å². The van der Waals surface area contributed by atoms with Crippen molar-refractivity contribution in [2.24, 2.45) is 11.7 Å². The topological polar surface area (TPSA) is 29.3 Å². The molecule has 2 rings (SSSR count). The monoisotopic (exact) mass is 218 g/mol. The highest BCUT2D eigenvalue weighted by atomic mass is 15.1. The summed E-state index contributed by atoms with van der Waals surface area (Å²) in [6.45, 7) is 5.34. The SMILES string of the molecule is Cc1cccc(N2CCCC(CN)CC2)c1. The van der Waals surface area contributed by atoms with E-state index in [4.69, 9.17) is 5.73 Å². The van der Waals surface area contributed by atoms with Gasteiger partial charge in [-0.2, -0.15) is 0 Å². The number of benzene rings is 1. The summed E-state index contributed by atoms with van der Waals surface area (Å²) >= 11 is 0. The molecule has 1 aliphatic heterocycles. The van der Waals surface area contributed by atoms with Gasteiger partial charge in [0.1, 0.15) is 0 Å². The maximum atomic E-state index is 5.76. The van der Waals surface area contributed by atoms with Crippen molar-refractivity contribution in [3.63, 3.8) is 0 Å². The summed E-state index contributed by atoms with van der Waals surface area (Å²) in [6, 6.07) is 8.80. The van der Waals surface area contributed by atoms with Crippen LogP contribution in [0.2, 0.25) is 0 Å². The lowest BCUT2D eigenvalue weighted by Gasteiger charge is -2.23. The van der Waals surface area contributed by atoms with Gasteiger partial charge in [-0.15, -0.1) is 0 Å². The van der Waals surface area contributed by atoms with Crippen molar-refractivity contribution >= 4 is 5.69 Å². The van der Waals surface area contributed by atoms with E-state index in [1.54, 1.807) is 0 Å². The van der Waals surface area contributed by atoms with Crippen LogP contribution in [0.4, 0.5) is 5.69 Å². The van der Waals surface area contributed by atoms with E-state index in [0.29, 0.717) is 0 Å². The normalized spacial score (nSPS) is 21.9. The molecule has 0 amide bonds. The first-order valence-corrected chi connectivity index (χ1v) is 6.31. The molecule has 1 fully saturated rings. The van der Waals surface area contributed by atoms with E-state index in [9.17, 15) is 0 Å². The van der Waals surface area contributed by atoms with Crippen LogP contribution in [0.1, 0.15) is 24.8 Å². The van der Waals surface area contributed by atoms with Crippen molar-refractivity contribution in [3.05, 3.63) is 29.8 Å². The summed E-state index contributed by atoms with van der Waals surface area (Å²) in [5.41, 5.74) is 8.48. The number of nitrogens with zero attached hydrogens (tertiary/aromatic N) is 1. The van der Waals surface area contributed by atoms with Crippen LogP contribution in [0, 0.1) is 12.8 Å². The van der Waals surface area contributed by atoms with E-state index < -0.39 is 0 Å². The number of aryl methyl sites for hydroxylation is 1. The Morgan fingerprint density at radius 3 is 2.94 bits per heavy atom. The molecule has 1 heterocycles. The zero-order valence-electron chi connectivity index (χ0n) is 10.2. The molecular formula is C14H22N2. The van der Waals surface area contributed by atoms with Crippen LogP contribution in [-0.4, -0.2) is 19.6 Å². The van der Waals surface area contributed by atoms with Crippen molar-refractivity contribution in [3.8, 4) is 0 Å². The molecule has 1 aromatic carbocycles. The maximum absolute atomic E-state index is 5.76. The van der Waals surface area contributed by atoms with Crippen molar-refractivity contribution in [1.29, 1.82) is 0 Å². The fraction of sp³-hybridized carbons (Fsp3) is 0.571. The largest absolute Gasteiger partial charge is 0.372 e. The lowest BCUT2D eigenvalue weighted by molar-refractivity contribution is 0.485. The number of rotatable bonds is 2. The summed E-state index contributed by atoms with van der Waals surface area (Å²) in [4.78, 5) is 2.50. The van der Waals surface area contributed by atoms with Crippen LogP contribution >= 0.6 is 0 Å². The summed E-state index contributed by atoms with van der Waals surface area (Å²) in [5.74, 6) is 0.731. The van der Waals surface area contributed by atoms with Gasteiger partial charge in [0.2, 0.25) is 0 Å². The first-order chi connectivity index (χ1) is 7.79. The molecule has 0 radical (unpaired) electrons. The summed E-state index contributed by atoms with van der Waals surface area (Å²) in [7, 11) is 0. The molecule has 1 unspecified atom stereocenters. The third-order valence-electron chi connectivity index (χ3n) is 3.55. The van der Waals surface area contributed by atoms with Gasteiger partial charge in [-0.25, -0.2) is 0 Å². The first-order valence-electron chi connectivity index (χ1n) is 6.31. The smallest absolute Gasteiger partial charge is 0.0368 e. The highest BCUT2D eigenvalue weighted by Crippen LogP contribution is 2.22. The van der Waals surface area contributed by atoms with Gasteiger partial charge in [-0.05, 0) is 56.3 Å². The van der Waals surface area contributed by atoms with Gasteiger partial charge in [0, 0.05) is 18.8 Å². The zero-order chi connectivity index (χ0) is 11.4. The zero-order valence-corrected chi connectivity index (χ0v) is 10.2. The van der Waals surface area contributed by atoms with Crippen molar-refractivity contribution < 1.29 is 0 Å². The van der Waals surface area contributed by atoms with Crippen LogP contribution < -0.4 is 10.6 Å². The Balaban J connectivity index is 2.04. The van der Waals surface area contributed by atoms with E-state index >= 15 is 0 Å². The fourth-order valence-corrected chi connectivity index (χ4v) is 2.48. The van der Waals surface area contributed by atoms with Crippen molar-refractivity contribution in [2.45, 2.75) is 26.2 Å². The van der Waals surface area contributed by atoms with Gasteiger partial charge in [-0.1, -0.05) is 12.1 Å². The molecule has 88 valence electrons. The molecule has 1 saturated heterocycles. The molecule has 2 nitrogen and oxygen atoms in total. The molecule has 1 atom stereocenters. The minimum absolute atomic E-state index is 0.731. The van der Waals surface area contributed by atoms with E-state index in [0.717, 1.165) is 19.0 Å². The molecule has 1 aromatic rings. The fourth-order valence-electron chi connectivity index (χ4n) is 2.48. The second-order valence-corrected chi connectivity index (χ2v) is 4.86. The number of hydrogen-bond donors (Lipinski definition) is 1. The first kappa shape index (κ1) is 11.5. The summed E-state index contributed by atoms with van der Waals surface area (Å²) < 4.78 is 0. The van der Waals surface area contributed by atoms with Crippen LogP contribution in [0.3, 0.4) is 0 Å². The quantitative estimate of drug-likeness (QED) is 0.826. The average Bonchev–Trinajstić information content (AvgIpc) is 2.54. The van der Waals surface area contributed by atoms with E-state index in [2.05, 4.69) is 36.1 Å². The van der Waals surface area contributed by atoms with Gasteiger partial charge in [0.15, 0.2) is 0 Å². The average molecular weight is 218 g/mol. The molecule has 2 heteroatoms. The Morgan fingerprint density at radius 2 is 2.19 bits per heavy atom. The molecule has 0 saturated carbocycles. The Morgan fingerprint density at radius 1 is 1.31 bits per heavy atom. The highest BCUT2D eigenvalue weighted by Gasteiger charge is 2.15. The molecular weight excluding hydrogens is 196 g/mol. The molecule has 16 heavy (non-hydrogen) atoms. The van der Waals surface area contributed by atoms with Gasteiger partial charge in [0.25, 0.3) is 0 Å².